The van der Waals surface area contributed by atoms with E-state index in [9.17, 15) is 8.78 Å². The number of amides is 1. The summed E-state index contributed by atoms with van der Waals surface area (Å²) >= 11 is 0. The maximum Gasteiger partial charge on any atom is 0.264 e. The van der Waals surface area contributed by atoms with E-state index in [-0.39, 0.29) is 18.5 Å². The number of primary amides is 1. The van der Waals surface area contributed by atoms with Crippen molar-refractivity contribution in [3.05, 3.63) is 46.3 Å². The zero-order valence-corrected chi connectivity index (χ0v) is 21.9. The van der Waals surface area contributed by atoms with Crippen LogP contribution in [0.25, 0.3) is 11.1 Å². The molecule has 36 heavy (non-hydrogen) atoms. The summed E-state index contributed by atoms with van der Waals surface area (Å²) in [5.41, 5.74) is 21.0. The molecule has 0 saturated carbocycles. The SMILES string of the molecule is CCC/C(NC1CCNC1)=C(\C)c1cc(C(F)F)c(/C(=C/NC)CN)cc1CCCNCN.NC=O. The number of carbonyl (C=O) groups excluding carboxylic acids is 1. The lowest BCUT2D eigenvalue weighted by molar-refractivity contribution is -0.106. The van der Waals surface area contributed by atoms with Gasteiger partial charge in [0.25, 0.3) is 6.43 Å². The smallest absolute Gasteiger partial charge is 0.264 e. The Morgan fingerprint density at radius 2 is 2.00 bits per heavy atom. The van der Waals surface area contributed by atoms with Crippen molar-refractivity contribution in [1.29, 1.82) is 0 Å². The molecule has 1 aliphatic rings. The van der Waals surface area contributed by atoms with Crippen molar-refractivity contribution < 1.29 is 13.6 Å². The van der Waals surface area contributed by atoms with Gasteiger partial charge >= 0.3 is 0 Å². The molecule has 1 heterocycles. The summed E-state index contributed by atoms with van der Waals surface area (Å²) in [7, 11) is 1.75. The Balaban J connectivity index is 0.00000205. The fraction of sp³-hybridized carbons (Fsp3) is 0.577. The molecular weight excluding hydrogens is 464 g/mol. The van der Waals surface area contributed by atoms with Crippen molar-refractivity contribution >= 4 is 17.6 Å². The molecule has 0 radical (unpaired) electrons. The monoisotopic (exact) mass is 509 g/mol. The Labute approximate surface area is 214 Å². The van der Waals surface area contributed by atoms with Crippen LogP contribution in [0.5, 0.6) is 0 Å². The molecule has 1 aromatic rings. The van der Waals surface area contributed by atoms with Gasteiger partial charge in [-0.25, -0.2) is 8.78 Å². The molecule has 1 aromatic carbocycles. The van der Waals surface area contributed by atoms with Gasteiger partial charge in [-0.1, -0.05) is 19.4 Å². The lowest BCUT2D eigenvalue weighted by Gasteiger charge is -2.23. The minimum absolute atomic E-state index is 0.0264. The third kappa shape index (κ3) is 9.85. The molecule has 2 rings (SSSR count). The van der Waals surface area contributed by atoms with Gasteiger partial charge in [0.05, 0.1) is 0 Å². The molecule has 1 amide bonds. The number of benzene rings is 1. The third-order valence-electron chi connectivity index (χ3n) is 6.13. The number of alkyl halides is 2. The molecule has 0 bridgehead atoms. The van der Waals surface area contributed by atoms with Crippen LogP contribution in [0.1, 0.15) is 68.2 Å². The predicted molar refractivity (Wildman–Crippen MR) is 145 cm³/mol. The van der Waals surface area contributed by atoms with Crippen molar-refractivity contribution in [2.45, 2.75) is 58.4 Å². The van der Waals surface area contributed by atoms with Gasteiger partial charge in [-0.2, -0.15) is 0 Å². The summed E-state index contributed by atoms with van der Waals surface area (Å²) in [6.45, 7) is 7.50. The number of nitrogens with two attached hydrogens (primary N) is 3. The Bertz CT molecular complexity index is 853. The highest BCUT2D eigenvalue weighted by atomic mass is 19.3. The molecule has 8 nitrogen and oxygen atoms in total. The van der Waals surface area contributed by atoms with Gasteiger partial charge in [0.1, 0.15) is 0 Å². The van der Waals surface area contributed by atoms with E-state index in [0.717, 1.165) is 74.1 Å². The Morgan fingerprint density at radius 3 is 2.53 bits per heavy atom. The average molecular weight is 510 g/mol. The lowest BCUT2D eigenvalue weighted by Crippen LogP contribution is -2.31. The van der Waals surface area contributed by atoms with Gasteiger partial charge in [-0.3, -0.25) is 4.79 Å². The van der Waals surface area contributed by atoms with Gasteiger partial charge < -0.3 is 38.5 Å². The Kier molecular flexibility index (Phi) is 15.6. The molecule has 0 aliphatic carbocycles. The zero-order valence-electron chi connectivity index (χ0n) is 21.9. The van der Waals surface area contributed by atoms with E-state index in [4.69, 9.17) is 16.3 Å². The van der Waals surface area contributed by atoms with E-state index in [1.165, 1.54) is 0 Å². The van der Waals surface area contributed by atoms with Gasteiger partial charge in [0.15, 0.2) is 0 Å². The summed E-state index contributed by atoms with van der Waals surface area (Å²) in [5.74, 6) is 0. The molecule has 0 spiro atoms. The summed E-state index contributed by atoms with van der Waals surface area (Å²) in [4.78, 5) is 8.58. The molecule has 0 aromatic heterocycles. The summed E-state index contributed by atoms with van der Waals surface area (Å²) < 4.78 is 28.4. The van der Waals surface area contributed by atoms with Crippen LogP contribution in [0.3, 0.4) is 0 Å². The van der Waals surface area contributed by atoms with Crippen LogP contribution in [0.4, 0.5) is 8.78 Å². The first kappa shape index (κ1) is 31.5. The van der Waals surface area contributed by atoms with Gasteiger partial charge in [0, 0.05) is 50.3 Å². The van der Waals surface area contributed by atoms with Crippen LogP contribution in [0, 0.1) is 0 Å². The molecule has 10 N–H and O–H groups in total. The van der Waals surface area contributed by atoms with E-state index >= 15 is 0 Å². The maximum absolute atomic E-state index is 14.2. The van der Waals surface area contributed by atoms with Crippen LogP contribution in [-0.4, -0.2) is 52.3 Å². The molecule has 1 fully saturated rings. The normalized spacial score (nSPS) is 16.3. The van der Waals surface area contributed by atoms with Crippen LogP contribution < -0.4 is 38.5 Å². The molecule has 1 atom stereocenters. The first-order valence-electron chi connectivity index (χ1n) is 12.6. The highest BCUT2D eigenvalue weighted by molar-refractivity contribution is 5.76. The Morgan fingerprint density at radius 1 is 1.28 bits per heavy atom. The van der Waals surface area contributed by atoms with Crippen molar-refractivity contribution in [3.8, 4) is 0 Å². The van der Waals surface area contributed by atoms with Crippen LogP contribution >= 0.6 is 0 Å². The Hall–Kier alpha value is -2.53. The van der Waals surface area contributed by atoms with E-state index in [0.29, 0.717) is 23.8 Å². The maximum atomic E-state index is 14.2. The first-order valence-corrected chi connectivity index (χ1v) is 12.6. The molecule has 10 heteroatoms. The fourth-order valence-corrected chi connectivity index (χ4v) is 4.41. The van der Waals surface area contributed by atoms with Crippen molar-refractivity contribution in [2.75, 3.05) is 39.9 Å². The van der Waals surface area contributed by atoms with Gasteiger partial charge in [-0.05, 0) is 79.6 Å². The fourth-order valence-electron chi connectivity index (χ4n) is 4.41. The van der Waals surface area contributed by atoms with E-state index in [2.05, 4.69) is 40.8 Å². The summed E-state index contributed by atoms with van der Waals surface area (Å²) in [6, 6.07) is 3.97. The minimum Gasteiger partial charge on any atom is -0.394 e. The van der Waals surface area contributed by atoms with Gasteiger partial charge in [-0.15, -0.1) is 0 Å². The molecule has 204 valence electrons. The standard InChI is InChI=1S/C25H42F2N6.CH3NO/c1-4-6-24(33-20-8-10-31-15-20)17(2)21-12-23(25(26)27)22(19(13-28)14-30-3)11-18(21)7-5-9-32-16-29;2-1-3/h11-12,14,20,25,30-33H,4-10,13,15-16,28-29H2,1-3H3;1H,(H2,2,3)/b19-14+,24-17-;. The van der Waals surface area contributed by atoms with Crippen molar-refractivity contribution in [2.24, 2.45) is 17.2 Å². The van der Waals surface area contributed by atoms with Crippen LogP contribution in [0.2, 0.25) is 0 Å². The number of nitrogens with one attached hydrogen (secondary N) is 4. The molecular formula is C26H45F2N7O. The molecule has 1 saturated heterocycles. The highest BCUT2D eigenvalue weighted by Crippen LogP contribution is 2.35. The highest BCUT2D eigenvalue weighted by Gasteiger charge is 2.22. The minimum atomic E-state index is -2.59. The van der Waals surface area contributed by atoms with Crippen molar-refractivity contribution in [3.63, 3.8) is 0 Å². The number of rotatable bonds is 14. The predicted octanol–water partition coefficient (Wildman–Crippen LogP) is 2.17. The second kappa shape index (κ2) is 17.8. The third-order valence-corrected chi connectivity index (χ3v) is 6.13. The summed E-state index contributed by atoms with van der Waals surface area (Å²) in [5, 5.41) is 13.2. The lowest BCUT2D eigenvalue weighted by atomic mass is 9.88. The zero-order chi connectivity index (χ0) is 26.9. The van der Waals surface area contributed by atoms with Crippen LogP contribution in [-0.2, 0) is 11.2 Å². The second-order valence-corrected chi connectivity index (χ2v) is 8.69. The van der Waals surface area contributed by atoms with Crippen LogP contribution in [0.15, 0.2) is 24.0 Å². The quantitative estimate of drug-likeness (QED) is 0.116. The van der Waals surface area contributed by atoms with E-state index in [1.54, 1.807) is 19.3 Å². The van der Waals surface area contributed by atoms with E-state index in [1.807, 2.05) is 6.07 Å². The number of allylic oxidation sites excluding steroid dienone is 2. The summed E-state index contributed by atoms with van der Waals surface area (Å²) in [6.07, 6.45) is 3.93. The second-order valence-electron chi connectivity index (χ2n) is 8.69. The number of hydrogen-bond acceptors (Lipinski definition) is 7. The molecule has 1 aliphatic heterocycles. The first-order chi connectivity index (χ1) is 17.4. The van der Waals surface area contributed by atoms with Crippen molar-refractivity contribution in [1.82, 2.24) is 21.3 Å². The number of halogens is 2. The average Bonchev–Trinajstić information content (AvgIpc) is 3.38. The number of carbonyl (C=O) groups is 1. The van der Waals surface area contributed by atoms with E-state index < -0.39 is 6.43 Å². The largest absolute Gasteiger partial charge is 0.394 e. The number of aryl methyl sites for hydroxylation is 1. The van der Waals surface area contributed by atoms with Gasteiger partial charge in [0.2, 0.25) is 6.41 Å². The molecule has 1 unspecified atom stereocenters. The number of hydrogen-bond donors (Lipinski definition) is 7. The topological polar surface area (TPSA) is 143 Å².